The first-order valence-corrected chi connectivity index (χ1v) is 3.59. The van der Waals surface area contributed by atoms with E-state index in [4.69, 9.17) is 5.73 Å². The molecule has 0 heterocycles. The highest BCUT2D eigenvalue weighted by molar-refractivity contribution is 5.93. The van der Waals surface area contributed by atoms with Gasteiger partial charge in [0.2, 0.25) is 5.91 Å². The van der Waals surface area contributed by atoms with E-state index >= 15 is 0 Å². The zero-order valence-corrected chi connectivity index (χ0v) is 7.02. The summed E-state index contributed by atoms with van der Waals surface area (Å²) in [5.74, 6) is -0.804. The van der Waals surface area contributed by atoms with Gasteiger partial charge in [-0.25, -0.2) is 4.39 Å². The van der Waals surface area contributed by atoms with Gasteiger partial charge in [0.25, 0.3) is 0 Å². The van der Waals surface area contributed by atoms with Crippen molar-refractivity contribution in [3.05, 3.63) is 34.6 Å². The molecule has 12 heavy (non-hydrogen) atoms. The van der Waals surface area contributed by atoms with E-state index < -0.39 is 5.91 Å². The molecule has 1 rings (SSSR count). The third-order valence-corrected chi connectivity index (χ3v) is 1.72. The second-order valence-corrected chi connectivity index (χ2v) is 2.79. The lowest BCUT2D eigenvalue weighted by atomic mass is 10.1. The van der Waals surface area contributed by atoms with Crippen molar-refractivity contribution in [2.45, 2.75) is 13.8 Å². The van der Waals surface area contributed by atoms with Crippen molar-refractivity contribution in [2.75, 3.05) is 0 Å². The minimum Gasteiger partial charge on any atom is -0.366 e. The second-order valence-electron chi connectivity index (χ2n) is 2.79. The number of amides is 1. The molecule has 1 amide bonds. The minimum atomic E-state index is -0.527. The third kappa shape index (κ3) is 1.44. The summed E-state index contributed by atoms with van der Waals surface area (Å²) in [5.41, 5.74) is 6.29. The Morgan fingerprint density at radius 3 is 2.08 bits per heavy atom. The monoisotopic (exact) mass is 167 g/mol. The van der Waals surface area contributed by atoms with Gasteiger partial charge in [0.1, 0.15) is 5.82 Å². The van der Waals surface area contributed by atoms with Crippen LogP contribution in [0, 0.1) is 19.7 Å². The molecule has 2 nitrogen and oxygen atoms in total. The molecule has 0 unspecified atom stereocenters. The highest BCUT2D eigenvalue weighted by Gasteiger charge is 2.06. The zero-order chi connectivity index (χ0) is 9.30. The molecule has 1 aromatic carbocycles. The Morgan fingerprint density at radius 2 is 1.75 bits per heavy atom. The number of carbonyl (C=O) groups excluding carboxylic acids is 1. The van der Waals surface area contributed by atoms with Crippen LogP contribution in [-0.2, 0) is 0 Å². The van der Waals surface area contributed by atoms with Crippen molar-refractivity contribution >= 4 is 5.91 Å². The summed E-state index contributed by atoms with van der Waals surface area (Å²) in [4.78, 5) is 10.7. The Bertz CT molecular complexity index is 310. The molecule has 0 saturated heterocycles. The van der Waals surface area contributed by atoms with Gasteiger partial charge in [0.15, 0.2) is 0 Å². The maximum atomic E-state index is 13.0. The number of rotatable bonds is 1. The fourth-order valence-corrected chi connectivity index (χ4v) is 1.09. The van der Waals surface area contributed by atoms with Crippen LogP contribution < -0.4 is 5.73 Å². The van der Waals surface area contributed by atoms with Crippen molar-refractivity contribution in [1.82, 2.24) is 0 Å². The van der Waals surface area contributed by atoms with Crippen LogP contribution in [0.25, 0.3) is 0 Å². The summed E-state index contributed by atoms with van der Waals surface area (Å²) in [6.45, 7) is 3.21. The Labute approximate surface area is 70.2 Å². The summed E-state index contributed by atoms with van der Waals surface area (Å²) in [5, 5.41) is 0. The number of aryl methyl sites for hydroxylation is 2. The molecular formula is C9H10FNO. The Morgan fingerprint density at radius 1 is 1.33 bits per heavy atom. The highest BCUT2D eigenvalue weighted by Crippen LogP contribution is 2.13. The van der Waals surface area contributed by atoms with Gasteiger partial charge in [-0.3, -0.25) is 4.79 Å². The smallest absolute Gasteiger partial charge is 0.248 e. The molecule has 0 radical (unpaired) electrons. The van der Waals surface area contributed by atoms with Crippen LogP contribution in [0.1, 0.15) is 21.5 Å². The lowest BCUT2D eigenvalue weighted by Crippen LogP contribution is -2.11. The van der Waals surface area contributed by atoms with E-state index in [1.54, 1.807) is 13.8 Å². The number of nitrogens with two attached hydrogens (primary N) is 1. The highest BCUT2D eigenvalue weighted by atomic mass is 19.1. The predicted octanol–water partition coefficient (Wildman–Crippen LogP) is 1.54. The quantitative estimate of drug-likeness (QED) is 0.677. The number of hydrogen-bond donors (Lipinski definition) is 1. The largest absolute Gasteiger partial charge is 0.366 e. The first-order chi connectivity index (χ1) is 5.52. The summed E-state index contributed by atoms with van der Waals surface area (Å²) in [6, 6.07) is 2.90. The van der Waals surface area contributed by atoms with Crippen molar-refractivity contribution in [3.8, 4) is 0 Å². The van der Waals surface area contributed by atoms with Crippen LogP contribution >= 0.6 is 0 Å². The van der Waals surface area contributed by atoms with Crippen LogP contribution in [-0.4, -0.2) is 5.91 Å². The number of hydrogen-bond acceptors (Lipinski definition) is 1. The van der Waals surface area contributed by atoms with Crippen molar-refractivity contribution < 1.29 is 9.18 Å². The normalized spacial score (nSPS) is 9.92. The Balaban J connectivity index is 3.31. The second kappa shape index (κ2) is 2.93. The van der Waals surface area contributed by atoms with E-state index in [9.17, 15) is 9.18 Å². The SMILES string of the molecule is Cc1cc(C(N)=O)cc(C)c1F. The summed E-state index contributed by atoms with van der Waals surface area (Å²) < 4.78 is 13.0. The van der Waals surface area contributed by atoms with Gasteiger partial charge in [0.05, 0.1) is 0 Å². The molecule has 3 heteroatoms. The topological polar surface area (TPSA) is 43.1 Å². The molecule has 0 atom stereocenters. The average molecular weight is 167 g/mol. The van der Waals surface area contributed by atoms with Crippen molar-refractivity contribution in [1.29, 1.82) is 0 Å². The minimum absolute atomic E-state index is 0.278. The maximum Gasteiger partial charge on any atom is 0.248 e. The summed E-state index contributed by atoms with van der Waals surface area (Å²) in [6.07, 6.45) is 0. The molecule has 0 saturated carbocycles. The van der Waals surface area contributed by atoms with Crippen LogP contribution in [0.3, 0.4) is 0 Å². The van der Waals surface area contributed by atoms with Gasteiger partial charge in [-0.1, -0.05) is 0 Å². The number of benzene rings is 1. The number of carbonyl (C=O) groups is 1. The fraction of sp³-hybridized carbons (Fsp3) is 0.222. The van der Waals surface area contributed by atoms with Gasteiger partial charge in [0, 0.05) is 5.56 Å². The Hall–Kier alpha value is -1.38. The van der Waals surface area contributed by atoms with Crippen LogP contribution in [0.4, 0.5) is 4.39 Å². The molecule has 0 aliphatic rings. The lowest BCUT2D eigenvalue weighted by molar-refractivity contribution is 0.1000. The van der Waals surface area contributed by atoms with E-state index in [1.807, 2.05) is 0 Å². The third-order valence-electron chi connectivity index (χ3n) is 1.72. The van der Waals surface area contributed by atoms with Crippen LogP contribution in [0.15, 0.2) is 12.1 Å². The van der Waals surface area contributed by atoms with Gasteiger partial charge in [-0.05, 0) is 37.1 Å². The molecule has 0 spiro atoms. The van der Waals surface area contributed by atoms with E-state index in [0.717, 1.165) is 0 Å². The maximum absolute atomic E-state index is 13.0. The van der Waals surface area contributed by atoms with E-state index in [1.165, 1.54) is 12.1 Å². The molecular weight excluding hydrogens is 157 g/mol. The van der Waals surface area contributed by atoms with Crippen LogP contribution in [0.2, 0.25) is 0 Å². The molecule has 1 aromatic rings. The predicted molar refractivity (Wildman–Crippen MR) is 44.4 cm³/mol. The van der Waals surface area contributed by atoms with E-state index in [-0.39, 0.29) is 5.82 Å². The molecule has 0 aliphatic heterocycles. The number of halogens is 1. The molecule has 64 valence electrons. The van der Waals surface area contributed by atoms with Crippen LogP contribution in [0.5, 0.6) is 0 Å². The van der Waals surface area contributed by atoms with E-state index in [0.29, 0.717) is 16.7 Å². The van der Waals surface area contributed by atoms with Crippen molar-refractivity contribution in [2.24, 2.45) is 5.73 Å². The number of primary amides is 1. The summed E-state index contributed by atoms with van der Waals surface area (Å²) in [7, 11) is 0. The van der Waals surface area contributed by atoms with E-state index in [2.05, 4.69) is 0 Å². The Kier molecular flexibility index (Phi) is 2.13. The first-order valence-electron chi connectivity index (χ1n) is 3.59. The summed E-state index contributed by atoms with van der Waals surface area (Å²) >= 11 is 0. The fourth-order valence-electron chi connectivity index (χ4n) is 1.09. The first kappa shape index (κ1) is 8.71. The lowest BCUT2D eigenvalue weighted by Gasteiger charge is -2.02. The molecule has 0 aliphatic carbocycles. The van der Waals surface area contributed by atoms with Gasteiger partial charge in [-0.2, -0.15) is 0 Å². The molecule has 2 N–H and O–H groups in total. The average Bonchev–Trinajstić information content (AvgIpc) is 1.99. The molecule has 0 fully saturated rings. The van der Waals surface area contributed by atoms with Gasteiger partial charge in [-0.15, -0.1) is 0 Å². The zero-order valence-electron chi connectivity index (χ0n) is 7.02. The van der Waals surface area contributed by atoms with Crippen molar-refractivity contribution in [3.63, 3.8) is 0 Å². The van der Waals surface area contributed by atoms with Gasteiger partial charge >= 0.3 is 0 Å². The molecule has 0 aromatic heterocycles. The van der Waals surface area contributed by atoms with Gasteiger partial charge < -0.3 is 5.73 Å². The molecule has 0 bridgehead atoms. The standard InChI is InChI=1S/C9H10FNO/c1-5-3-7(9(11)12)4-6(2)8(5)10/h3-4H,1-2H3,(H2,11,12).